The first-order chi connectivity index (χ1) is 11.2. The van der Waals surface area contributed by atoms with E-state index in [-0.39, 0.29) is 18.9 Å². The third-order valence-corrected chi connectivity index (χ3v) is 4.16. The van der Waals surface area contributed by atoms with Crippen molar-refractivity contribution < 1.29 is 22.8 Å². The van der Waals surface area contributed by atoms with Crippen LogP contribution in [-0.2, 0) is 15.8 Å². The van der Waals surface area contributed by atoms with E-state index < -0.39 is 23.7 Å². The standard InChI is InChI=1S/C16H20F3N3O2/c1-2-13(15(20)24)22-9-8-21(7-6-14(22)23)12-5-3-4-11(10-12)16(17,18)19/h3-5,10,13H,2,6-9H2,1H3,(H2,20,24). The number of alkyl halides is 3. The van der Waals surface area contributed by atoms with Crippen molar-refractivity contribution in [2.45, 2.75) is 32.0 Å². The summed E-state index contributed by atoms with van der Waals surface area (Å²) in [4.78, 5) is 26.9. The van der Waals surface area contributed by atoms with Crippen LogP contribution in [0.1, 0.15) is 25.3 Å². The van der Waals surface area contributed by atoms with Crippen molar-refractivity contribution in [3.63, 3.8) is 0 Å². The van der Waals surface area contributed by atoms with E-state index >= 15 is 0 Å². The molecule has 1 aromatic rings. The lowest BCUT2D eigenvalue weighted by Crippen LogP contribution is -2.48. The Morgan fingerprint density at radius 2 is 2.00 bits per heavy atom. The Morgan fingerprint density at radius 3 is 2.58 bits per heavy atom. The fourth-order valence-electron chi connectivity index (χ4n) is 2.88. The predicted molar refractivity (Wildman–Crippen MR) is 83.3 cm³/mol. The Balaban J connectivity index is 2.18. The predicted octanol–water partition coefficient (Wildman–Crippen LogP) is 2.01. The van der Waals surface area contributed by atoms with Crippen LogP contribution in [0.5, 0.6) is 0 Å². The van der Waals surface area contributed by atoms with Crippen LogP contribution in [-0.4, -0.2) is 42.4 Å². The average molecular weight is 343 g/mol. The molecule has 1 aliphatic rings. The third-order valence-electron chi connectivity index (χ3n) is 4.16. The largest absolute Gasteiger partial charge is 0.416 e. The van der Waals surface area contributed by atoms with E-state index in [1.54, 1.807) is 17.9 Å². The van der Waals surface area contributed by atoms with Gasteiger partial charge in [0, 0.05) is 31.7 Å². The van der Waals surface area contributed by atoms with Gasteiger partial charge < -0.3 is 15.5 Å². The molecule has 0 spiro atoms. The molecule has 24 heavy (non-hydrogen) atoms. The first-order valence-corrected chi connectivity index (χ1v) is 7.75. The van der Waals surface area contributed by atoms with Gasteiger partial charge in [-0.25, -0.2) is 0 Å². The molecule has 0 bridgehead atoms. The van der Waals surface area contributed by atoms with Gasteiger partial charge in [-0.3, -0.25) is 9.59 Å². The van der Waals surface area contributed by atoms with Gasteiger partial charge in [0.2, 0.25) is 11.8 Å². The van der Waals surface area contributed by atoms with Crippen LogP contribution >= 0.6 is 0 Å². The Labute approximate surface area is 138 Å². The normalized spacial score (nSPS) is 17.6. The minimum absolute atomic E-state index is 0.125. The molecule has 1 aliphatic heterocycles. The zero-order chi connectivity index (χ0) is 17.9. The monoisotopic (exact) mass is 343 g/mol. The van der Waals surface area contributed by atoms with Gasteiger partial charge >= 0.3 is 6.18 Å². The highest BCUT2D eigenvalue weighted by Gasteiger charge is 2.32. The zero-order valence-corrected chi connectivity index (χ0v) is 13.3. The number of halogens is 3. The second-order valence-corrected chi connectivity index (χ2v) is 5.70. The van der Waals surface area contributed by atoms with Crippen molar-refractivity contribution in [1.82, 2.24) is 4.90 Å². The maximum absolute atomic E-state index is 12.8. The molecule has 0 aromatic heterocycles. The lowest BCUT2D eigenvalue weighted by atomic mass is 10.1. The number of hydrogen-bond donors (Lipinski definition) is 1. The summed E-state index contributed by atoms with van der Waals surface area (Å²) in [6, 6.07) is 4.34. The third kappa shape index (κ3) is 3.98. The highest BCUT2D eigenvalue weighted by Crippen LogP contribution is 2.32. The number of benzene rings is 1. The van der Waals surface area contributed by atoms with Gasteiger partial charge in [-0.15, -0.1) is 0 Å². The Morgan fingerprint density at radius 1 is 1.29 bits per heavy atom. The molecule has 132 valence electrons. The van der Waals surface area contributed by atoms with Crippen LogP contribution in [0.15, 0.2) is 24.3 Å². The quantitative estimate of drug-likeness (QED) is 0.909. The molecular weight excluding hydrogens is 323 g/mol. The molecule has 1 saturated heterocycles. The summed E-state index contributed by atoms with van der Waals surface area (Å²) in [6.07, 6.45) is -3.88. The number of carbonyl (C=O) groups is 2. The Kier molecular flexibility index (Phi) is 5.36. The second kappa shape index (κ2) is 7.11. The van der Waals surface area contributed by atoms with Crippen LogP contribution < -0.4 is 10.6 Å². The summed E-state index contributed by atoms with van der Waals surface area (Å²) in [6.45, 7) is 2.65. The average Bonchev–Trinajstić information content (AvgIpc) is 2.70. The van der Waals surface area contributed by atoms with Crippen LogP contribution in [0.25, 0.3) is 0 Å². The molecule has 1 heterocycles. The molecule has 0 saturated carbocycles. The maximum atomic E-state index is 12.8. The Hall–Kier alpha value is -2.25. The SMILES string of the molecule is CCC(C(N)=O)N1CCN(c2cccc(C(F)(F)F)c2)CCC1=O. The zero-order valence-electron chi connectivity index (χ0n) is 13.3. The van der Waals surface area contributed by atoms with E-state index in [0.717, 1.165) is 12.1 Å². The number of anilines is 1. The molecule has 1 unspecified atom stereocenters. The van der Waals surface area contributed by atoms with Crippen molar-refractivity contribution in [2.24, 2.45) is 5.73 Å². The summed E-state index contributed by atoms with van der Waals surface area (Å²) in [5.74, 6) is -0.784. The van der Waals surface area contributed by atoms with Crippen molar-refractivity contribution >= 4 is 17.5 Å². The molecular formula is C16H20F3N3O2. The molecule has 8 heteroatoms. The molecule has 1 atom stereocenters. The fraction of sp³-hybridized carbons (Fsp3) is 0.500. The fourth-order valence-corrected chi connectivity index (χ4v) is 2.88. The van der Waals surface area contributed by atoms with Crippen LogP contribution in [0.2, 0.25) is 0 Å². The first-order valence-electron chi connectivity index (χ1n) is 7.75. The number of hydrogen-bond acceptors (Lipinski definition) is 3. The molecule has 1 aromatic carbocycles. The molecule has 0 aliphatic carbocycles. The molecule has 2 amide bonds. The molecule has 2 N–H and O–H groups in total. The van der Waals surface area contributed by atoms with Gasteiger partial charge in [0.05, 0.1) is 5.56 Å². The molecule has 2 rings (SSSR count). The topological polar surface area (TPSA) is 66.6 Å². The van der Waals surface area contributed by atoms with Crippen molar-refractivity contribution in [3.05, 3.63) is 29.8 Å². The smallest absolute Gasteiger partial charge is 0.369 e. The number of primary amides is 1. The van der Waals surface area contributed by atoms with Crippen LogP contribution in [0.4, 0.5) is 18.9 Å². The van der Waals surface area contributed by atoms with E-state index in [1.807, 2.05) is 0 Å². The maximum Gasteiger partial charge on any atom is 0.416 e. The lowest BCUT2D eigenvalue weighted by Gasteiger charge is -2.28. The van der Waals surface area contributed by atoms with Gasteiger partial charge in [0.15, 0.2) is 0 Å². The second-order valence-electron chi connectivity index (χ2n) is 5.70. The summed E-state index contributed by atoms with van der Waals surface area (Å²) in [7, 11) is 0. The van der Waals surface area contributed by atoms with Crippen LogP contribution in [0.3, 0.4) is 0 Å². The number of nitrogens with two attached hydrogens (primary N) is 1. The van der Waals surface area contributed by atoms with Gasteiger partial charge in [-0.2, -0.15) is 13.2 Å². The minimum Gasteiger partial charge on any atom is -0.369 e. The van der Waals surface area contributed by atoms with Crippen molar-refractivity contribution in [2.75, 3.05) is 24.5 Å². The molecule has 1 fully saturated rings. The van der Waals surface area contributed by atoms with E-state index in [9.17, 15) is 22.8 Å². The number of rotatable bonds is 4. The first kappa shape index (κ1) is 18.1. The van der Waals surface area contributed by atoms with Gasteiger partial charge in [-0.05, 0) is 24.6 Å². The highest BCUT2D eigenvalue weighted by molar-refractivity contribution is 5.87. The highest BCUT2D eigenvalue weighted by atomic mass is 19.4. The number of carbonyl (C=O) groups excluding carboxylic acids is 2. The summed E-state index contributed by atoms with van der Waals surface area (Å²) in [5, 5.41) is 0. The lowest BCUT2D eigenvalue weighted by molar-refractivity contribution is -0.138. The van der Waals surface area contributed by atoms with Crippen LogP contribution in [0, 0.1) is 0 Å². The van der Waals surface area contributed by atoms with E-state index in [1.165, 1.54) is 11.0 Å². The number of nitrogens with zero attached hydrogens (tertiary/aromatic N) is 2. The molecule has 0 radical (unpaired) electrons. The van der Waals surface area contributed by atoms with E-state index in [2.05, 4.69) is 0 Å². The summed E-state index contributed by atoms with van der Waals surface area (Å²) < 4.78 is 38.5. The minimum atomic E-state index is -4.41. The Bertz CT molecular complexity index is 619. The molecule has 5 nitrogen and oxygen atoms in total. The summed E-state index contributed by atoms with van der Waals surface area (Å²) >= 11 is 0. The van der Waals surface area contributed by atoms with E-state index in [0.29, 0.717) is 25.2 Å². The van der Waals surface area contributed by atoms with Crippen molar-refractivity contribution in [1.29, 1.82) is 0 Å². The van der Waals surface area contributed by atoms with E-state index in [4.69, 9.17) is 5.73 Å². The van der Waals surface area contributed by atoms with Gasteiger partial charge in [0.1, 0.15) is 6.04 Å². The summed E-state index contributed by atoms with van der Waals surface area (Å²) in [5.41, 5.74) is 5.02. The van der Waals surface area contributed by atoms with Gasteiger partial charge in [-0.1, -0.05) is 13.0 Å². The number of amides is 2. The van der Waals surface area contributed by atoms with Gasteiger partial charge in [0.25, 0.3) is 0 Å². The van der Waals surface area contributed by atoms with Crippen molar-refractivity contribution in [3.8, 4) is 0 Å².